The minimum absolute atomic E-state index is 0.204. The first kappa shape index (κ1) is 14.5. The van der Waals surface area contributed by atoms with E-state index in [1.54, 1.807) is 18.3 Å². The molecule has 1 amide bonds. The zero-order valence-corrected chi connectivity index (χ0v) is 11.4. The van der Waals surface area contributed by atoms with Crippen molar-refractivity contribution < 1.29 is 9.53 Å². The number of carbonyl (C=O) groups excluding carboxylic acids is 1. The molecule has 2 heterocycles. The third-order valence-electron chi connectivity index (χ3n) is 3.12. The number of ether oxygens (including phenoxy) is 1. The zero-order valence-electron chi connectivity index (χ0n) is 11.4. The maximum absolute atomic E-state index is 12.1. The van der Waals surface area contributed by atoms with Gasteiger partial charge in [-0.2, -0.15) is 0 Å². The number of pyridine rings is 1. The van der Waals surface area contributed by atoms with Crippen LogP contribution in [0, 0.1) is 11.8 Å². The molecule has 5 nitrogen and oxygen atoms in total. The first-order chi connectivity index (χ1) is 9.81. The van der Waals surface area contributed by atoms with Crippen LogP contribution in [0.2, 0.25) is 0 Å². The smallest absolute Gasteiger partial charge is 0.271 e. The van der Waals surface area contributed by atoms with Gasteiger partial charge in [0.25, 0.3) is 5.91 Å². The van der Waals surface area contributed by atoms with Crippen molar-refractivity contribution in [1.82, 2.24) is 10.3 Å². The molecule has 1 saturated heterocycles. The van der Waals surface area contributed by atoms with E-state index in [1.165, 1.54) is 0 Å². The molecule has 0 aromatic carbocycles. The average molecular weight is 273 g/mol. The molecule has 2 rings (SSSR count). The molecule has 1 aromatic rings. The molecule has 1 atom stereocenters. The van der Waals surface area contributed by atoms with Gasteiger partial charge in [-0.1, -0.05) is 11.8 Å². The number of hydrogen-bond donors (Lipinski definition) is 2. The van der Waals surface area contributed by atoms with Crippen molar-refractivity contribution in [3.63, 3.8) is 0 Å². The van der Waals surface area contributed by atoms with E-state index >= 15 is 0 Å². The molecule has 3 N–H and O–H groups in total. The van der Waals surface area contributed by atoms with Crippen molar-refractivity contribution >= 4 is 5.91 Å². The van der Waals surface area contributed by atoms with E-state index in [9.17, 15) is 4.79 Å². The van der Waals surface area contributed by atoms with Crippen LogP contribution < -0.4 is 11.1 Å². The molecule has 20 heavy (non-hydrogen) atoms. The third kappa shape index (κ3) is 4.05. The summed E-state index contributed by atoms with van der Waals surface area (Å²) in [7, 11) is 0. The number of amides is 1. The van der Waals surface area contributed by atoms with Crippen molar-refractivity contribution in [1.29, 1.82) is 0 Å². The fourth-order valence-electron chi connectivity index (χ4n) is 2.14. The molecule has 1 aromatic heterocycles. The molecule has 1 unspecified atom stereocenters. The lowest BCUT2D eigenvalue weighted by Crippen LogP contribution is -2.28. The van der Waals surface area contributed by atoms with E-state index in [-0.39, 0.29) is 18.6 Å². The Morgan fingerprint density at radius 3 is 3.25 bits per heavy atom. The van der Waals surface area contributed by atoms with Crippen LogP contribution in [0.1, 0.15) is 35.3 Å². The molecule has 1 aliphatic heterocycles. The van der Waals surface area contributed by atoms with Crippen molar-refractivity contribution in [3.05, 3.63) is 29.6 Å². The second-order valence-corrected chi connectivity index (χ2v) is 4.59. The Bertz CT molecular complexity index is 513. The quantitative estimate of drug-likeness (QED) is 0.791. The van der Waals surface area contributed by atoms with Gasteiger partial charge in [0.15, 0.2) is 0 Å². The summed E-state index contributed by atoms with van der Waals surface area (Å²) in [6, 6.07) is 3.52. The third-order valence-corrected chi connectivity index (χ3v) is 3.12. The van der Waals surface area contributed by atoms with Crippen LogP contribution in [0.5, 0.6) is 0 Å². The Morgan fingerprint density at radius 2 is 2.50 bits per heavy atom. The topological polar surface area (TPSA) is 77.2 Å². The lowest BCUT2D eigenvalue weighted by Gasteiger charge is -2.10. The predicted octanol–water partition coefficient (Wildman–Crippen LogP) is 0.691. The number of nitrogens with two attached hydrogens (primary N) is 1. The van der Waals surface area contributed by atoms with Gasteiger partial charge in [-0.15, -0.1) is 0 Å². The SMILES string of the molecule is NCC#Cc1cccnc1C(=O)NCCC1CCCO1. The summed E-state index contributed by atoms with van der Waals surface area (Å²) >= 11 is 0. The predicted molar refractivity (Wildman–Crippen MR) is 76.1 cm³/mol. The Kier molecular flexibility index (Phi) is 5.54. The van der Waals surface area contributed by atoms with Crippen LogP contribution in [-0.2, 0) is 4.74 Å². The van der Waals surface area contributed by atoms with Crippen LogP contribution in [0.25, 0.3) is 0 Å². The Morgan fingerprint density at radius 1 is 1.60 bits per heavy atom. The maximum Gasteiger partial charge on any atom is 0.271 e. The normalized spacial score (nSPS) is 17.4. The van der Waals surface area contributed by atoms with Gasteiger partial charge in [-0.05, 0) is 31.4 Å². The van der Waals surface area contributed by atoms with Gasteiger partial charge in [-0.3, -0.25) is 4.79 Å². The van der Waals surface area contributed by atoms with Gasteiger partial charge in [-0.25, -0.2) is 4.98 Å². The second-order valence-electron chi connectivity index (χ2n) is 4.59. The molecular weight excluding hydrogens is 254 g/mol. The molecule has 0 spiro atoms. The summed E-state index contributed by atoms with van der Waals surface area (Å²) in [4.78, 5) is 16.2. The molecular formula is C15H19N3O2. The highest BCUT2D eigenvalue weighted by Crippen LogP contribution is 2.14. The molecule has 5 heteroatoms. The van der Waals surface area contributed by atoms with Crippen LogP contribution in [-0.4, -0.2) is 36.7 Å². The Labute approximate surface area is 118 Å². The lowest BCUT2D eigenvalue weighted by atomic mass is 10.1. The summed E-state index contributed by atoms with van der Waals surface area (Å²) in [6.07, 6.45) is 4.88. The summed E-state index contributed by atoms with van der Waals surface area (Å²) < 4.78 is 5.51. The number of nitrogens with zero attached hydrogens (tertiary/aromatic N) is 1. The number of rotatable bonds is 4. The Hall–Kier alpha value is -1.90. The van der Waals surface area contributed by atoms with Gasteiger partial charge >= 0.3 is 0 Å². The summed E-state index contributed by atoms with van der Waals surface area (Å²) in [5.41, 5.74) is 6.30. The fourth-order valence-corrected chi connectivity index (χ4v) is 2.14. The van der Waals surface area contributed by atoms with Crippen molar-refractivity contribution in [2.24, 2.45) is 5.73 Å². The highest BCUT2D eigenvalue weighted by Gasteiger charge is 2.16. The van der Waals surface area contributed by atoms with Crippen LogP contribution in [0.3, 0.4) is 0 Å². The first-order valence-corrected chi connectivity index (χ1v) is 6.85. The standard InChI is InChI=1S/C15H19N3O2/c16-8-1-4-12-5-2-9-17-14(12)15(19)18-10-7-13-6-3-11-20-13/h2,5,9,13H,3,6-8,10-11,16H2,(H,18,19). The van der Waals surface area contributed by atoms with Crippen LogP contribution in [0.15, 0.2) is 18.3 Å². The highest BCUT2D eigenvalue weighted by molar-refractivity contribution is 5.94. The first-order valence-electron chi connectivity index (χ1n) is 6.85. The number of aromatic nitrogens is 1. The molecule has 1 fully saturated rings. The molecule has 0 saturated carbocycles. The zero-order chi connectivity index (χ0) is 14.2. The van der Waals surface area contributed by atoms with E-state index < -0.39 is 0 Å². The fraction of sp³-hybridized carbons (Fsp3) is 0.467. The van der Waals surface area contributed by atoms with Gasteiger partial charge < -0.3 is 15.8 Å². The van der Waals surface area contributed by atoms with Gasteiger partial charge in [0.1, 0.15) is 5.69 Å². The molecule has 0 radical (unpaired) electrons. The average Bonchev–Trinajstić information content (AvgIpc) is 2.98. The van der Waals surface area contributed by atoms with Gasteiger partial charge in [0.05, 0.1) is 18.2 Å². The number of hydrogen-bond acceptors (Lipinski definition) is 4. The summed E-state index contributed by atoms with van der Waals surface area (Å²) in [5, 5.41) is 2.86. The molecule has 0 bridgehead atoms. The molecule has 1 aliphatic rings. The lowest BCUT2D eigenvalue weighted by molar-refractivity contribution is 0.0903. The van der Waals surface area contributed by atoms with Crippen molar-refractivity contribution in [2.75, 3.05) is 19.7 Å². The maximum atomic E-state index is 12.1. The van der Waals surface area contributed by atoms with E-state index in [2.05, 4.69) is 22.1 Å². The molecule has 0 aliphatic carbocycles. The van der Waals surface area contributed by atoms with E-state index in [0.717, 1.165) is 25.9 Å². The van der Waals surface area contributed by atoms with E-state index in [1.807, 2.05) is 0 Å². The van der Waals surface area contributed by atoms with Crippen LogP contribution in [0.4, 0.5) is 0 Å². The van der Waals surface area contributed by atoms with Crippen LogP contribution >= 0.6 is 0 Å². The second kappa shape index (κ2) is 7.63. The minimum Gasteiger partial charge on any atom is -0.378 e. The summed E-state index contributed by atoms with van der Waals surface area (Å²) in [6.45, 7) is 1.68. The number of nitrogens with one attached hydrogen (secondary N) is 1. The summed E-state index contributed by atoms with van der Waals surface area (Å²) in [5.74, 6) is 5.40. The highest BCUT2D eigenvalue weighted by atomic mass is 16.5. The van der Waals surface area contributed by atoms with Crippen molar-refractivity contribution in [2.45, 2.75) is 25.4 Å². The molecule has 106 valence electrons. The number of carbonyl (C=O) groups is 1. The van der Waals surface area contributed by atoms with E-state index in [4.69, 9.17) is 10.5 Å². The van der Waals surface area contributed by atoms with Gasteiger partial charge in [0.2, 0.25) is 0 Å². The Balaban J connectivity index is 1.91. The van der Waals surface area contributed by atoms with Gasteiger partial charge in [0, 0.05) is 19.3 Å². The largest absolute Gasteiger partial charge is 0.378 e. The van der Waals surface area contributed by atoms with Crippen molar-refractivity contribution in [3.8, 4) is 11.8 Å². The monoisotopic (exact) mass is 273 g/mol. The minimum atomic E-state index is -0.204. The van der Waals surface area contributed by atoms with E-state index in [0.29, 0.717) is 17.8 Å².